The topological polar surface area (TPSA) is 63.7 Å². The number of benzene rings is 1. The van der Waals surface area contributed by atoms with Crippen LogP contribution in [0.15, 0.2) is 52.9 Å². The summed E-state index contributed by atoms with van der Waals surface area (Å²) < 4.78 is 5.29. The first-order valence-electron chi connectivity index (χ1n) is 8.12. The molecule has 0 atom stereocenters. The molecule has 6 heteroatoms. The maximum atomic E-state index is 12.6. The third-order valence-corrected chi connectivity index (χ3v) is 5.16. The fourth-order valence-electron chi connectivity index (χ4n) is 3.22. The van der Waals surface area contributed by atoms with Gasteiger partial charge >= 0.3 is 5.97 Å². The van der Waals surface area contributed by atoms with Gasteiger partial charge in [0.05, 0.1) is 11.3 Å². The van der Waals surface area contributed by atoms with Crippen LogP contribution in [-0.2, 0) is 9.59 Å². The Bertz CT molecular complexity index is 870. The number of nitrogens with zero attached hydrogens (tertiary/aromatic N) is 1. The summed E-state index contributed by atoms with van der Waals surface area (Å²) in [4.78, 5) is 38.7. The van der Waals surface area contributed by atoms with Crippen LogP contribution < -0.4 is 9.64 Å². The fraction of sp³-hybridized carbons (Fsp3) is 0.211. The molecule has 25 heavy (non-hydrogen) atoms. The molecule has 0 saturated carbocycles. The number of anilines is 1. The molecule has 5 nitrogen and oxygen atoms in total. The van der Waals surface area contributed by atoms with E-state index in [1.54, 1.807) is 30.3 Å². The highest BCUT2D eigenvalue weighted by molar-refractivity contribution is 7.11. The summed E-state index contributed by atoms with van der Waals surface area (Å²) in [6.45, 7) is 0. The number of ether oxygens (including phenoxy) is 1. The minimum absolute atomic E-state index is 0.261. The summed E-state index contributed by atoms with van der Waals surface area (Å²) >= 11 is 1.32. The number of carbonyl (C=O) groups is 3. The molecular weight excluding hydrogens is 338 g/mol. The minimum Gasteiger partial charge on any atom is -0.412 e. The molecule has 0 unspecified atom stereocenters. The lowest BCUT2D eigenvalue weighted by molar-refractivity contribution is -0.120. The van der Waals surface area contributed by atoms with Gasteiger partial charge in [0.1, 0.15) is 0 Å². The van der Waals surface area contributed by atoms with Crippen molar-refractivity contribution in [1.82, 2.24) is 0 Å². The van der Waals surface area contributed by atoms with E-state index in [1.165, 1.54) is 22.3 Å². The Kier molecular flexibility index (Phi) is 3.97. The maximum absolute atomic E-state index is 12.6. The van der Waals surface area contributed by atoms with E-state index in [0.29, 0.717) is 40.3 Å². The van der Waals surface area contributed by atoms with Crippen LogP contribution >= 0.6 is 11.3 Å². The van der Waals surface area contributed by atoms with Gasteiger partial charge in [0, 0.05) is 11.1 Å². The second-order valence-corrected chi connectivity index (χ2v) is 6.89. The zero-order valence-corrected chi connectivity index (χ0v) is 14.2. The van der Waals surface area contributed by atoms with Gasteiger partial charge in [-0.3, -0.25) is 9.59 Å². The molecule has 0 bridgehead atoms. The van der Waals surface area contributed by atoms with Crippen molar-refractivity contribution in [3.8, 4) is 5.06 Å². The van der Waals surface area contributed by atoms with Gasteiger partial charge in [-0.2, -0.15) is 0 Å². The van der Waals surface area contributed by atoms with Crippen molar-refractivity contribution in [1.29, 1.82) is 0 Å². The normalized spacial score (nSPS) is 17.0. The summed E-state index contributed by atoms with van der Waals surface area (Å²) in [6.07, 6.45) is 3.16. The van der Waals surface area contributed by atoms with Gasteiger partial charge in [0.15, 0.2) is 5.06 Å². The molecule has 2 aliphatic rings. The Morgan fingerprint density at radius 1 is 1.00 bits per heavy atom. The second-order valence-electron chi connectivity index (χ2n) is 5.98. The summed E-state index contributed by atoms with van der Waals surface area (Å²) in [5.74, 6) is -1.03. The van der Waals surface area contributed by atoms with Crippen LogP contribution in [0.1, 0.15) is 36.0 Å². The minimum atomic E-state index is -0.513. The van der Waals surface area contributed by atoms with Crippen molar-refractivity contribution in [3.05, 3.63) is 58.5 Å². The van der Waals surface area contributed by atoms with Crippen molar-refractivity contribution in [2.45, 2.75) is 25.7 Å². The van der Waals surface area contributed by atoms with Crippen LogP contribution in [0.3, 0.4) is 0 Å². The first-order chi connectivity index (χ1) is 12.1. The molecule has 0 fully saturated rings. The molecule has 4 rings (SSSR count). The number of hydrogen-bond acceptors (Lipinski definition) is 5. The van der Waals surface area contributed by atoms with Gasteiger partial charge in [0.2, 0.25) is 0 Å². The van der Waals surface area contributed by atoms with Gasteiger partial charge in [-0.25, -0.2) is 9.69 Å². The summed E-state index contributed by atoms with van der Waals surface area (Å²) in [5.41, 5.74) is 1.96. The molecule has 0 spiro atoms. The van der Waals surface area contributed by atoms with Gasteiger partial charge in [-0.15, -0.1) is 11.3 Å². The van der Waals surface area contributed by atoms with E-state index in [4.69, 9.17) is 4.74 Å². The number of hydrogen-bond donors (Lipinski definition) is 0. The lowest BCUT2D eigenvalue weighted by Crippen LogP contribution is -2.31. The van der Waals surface area contributed by atoms with E-state index < -0.39 is 5.97 Å². The first-order valence-corrected chi connectivity index (χ1v) is 8.99. The molecule has 1 aromatic heterocycles. The van der Waals surface area contributed by atoms with Crippen LogP contribution in [0.25, 0.3) is 0 Å². The van der Waals surface area contributed by atoms with Crippen LogP contribution in [0.2, 0.25) is 0 Å². The molecular formula is C19H15NO4S. The quantitative estimate of drug-likeness (QED) is 0.623. The van der Waals surface area contributed by atoms with Gasteiger partial charge in [0.25, 0.3) is 11.8 Å². The Labute approximate surface area is 148 Å². The summed E-state index contributed by atoms with van der Waals surface area (Å²) in [7, 11) is 0. The highest BCUT2D eigenvalue weighted by Crippen LogP contribution is 2.35. The monoisotopic (exact) mass is 353 g/mol. The van der Waals surface area contributed by atoms with Crippen molar-refractivity contribution >= 4 is 34.8 Å². The van der Waals surface area contributed by atoms with Crippen molar-refractivity contribution in [3.63, 3.8) is 0 Å². The fourth-order valence-corrected chi connectivity index (χ4v) is 3.79. The van der Waals surface area contributed by atoms with E-state index in [0.717, 1.165) is 12.8 Å². The average Bonchev–Trinajstić information content (AvgIpc) is 3.23. The summed E-state index contributed by atoms with van der Waals surface area (Å²) in [6, 6.07) is 9.95. The van der Waals surface area contributed by atoms with Crippen LogP contribution in [0.4, 0.5) is 5.69 Å². The number of esters is 1. The van der Waals surface area contributed by atoms with Crippen LogP contribution in [-0.4, -0.2) is 17.8 Å². The Balaban J connectivity index is 1.61. The van der Waals surface area contributed by atoms with E-state index >= 15 is 0 Å². The number of rotatable bonds is 3. The Hall–Kier alpha value is -2.73. The molecule has 2 aromatic rings. The molecule has 2 heterocycles. The van der Waals surface area contributed by atoms with Crippen molar-refractivity contribution in [2.75, 3.05) is 4.90 Å². The Morgan fingerprint density at radius 3 is 2.36 bits per heavy atom. The number of imide groups is 1. The van der Waals surface area contributed by atoms with Crippen molar-refractivity contribution < 1.29 is 19.1 Å². The van der Waals surface area contributed by atoms with Gasteiger partial charge in [-0.05, 0) is 61.4 Å². The third-order valence-electron chi connectivity index (χ3n) is 4.42. The molecule has 1 aliphatic heterocycles. The highest BCUT2D eigenvalue weighted by atomic mass is 32.1. The van der Waals surface area contributed by atoms with Crippen molar-refractivity contribution in [2.24, 2.45) is 0 Å². The lowest BCUT2D eigenvalue weighted by Gasteiger charge is -2.15. The van der Waals surface area contributed by atoms with Crippen LogP contribution in [0.5, 0.6) is 5.06 Å². The second kappa shape index (κ2) is 6.29. The zero-order valence-electron chi connectivity index (χ0n) is 13.4. The molecule has 1 aromatic carbocycles. The standard InChI is InChI=1S/C19H15NO4S/c21-17-14-7-1-2-8-15(14)18(22)20(17)13-6-3-5-12(11-13)19(23)24-16-9-4-10-25-16/h3-6,9-11H,1-2,7-8H2. The molecule has 0 N–H and O–H groups in total. The zero-order chi connectivity index (χ0) is 17.4. The average molecular weight is 353 g/mol. The van der Waals surface area contributed by atoms with E-state index in [2.05, 4.69) is 0 Å². The van der Waals surface area contributed by atoms with Gasteiger partial charge < -0.3 is 4.74 Å². The predicted octanol–water partition coefficient (Wildman–Crippen LogP) is 3.71. The summed E-state index contributed by atoms with van der Waals surface area (Å²) in [5, 5.41) is 2.32. The van der Waals surface area contributed by atoms with Gasteiger partial charge in [-0.1, -0.05) is 6.07 Å². The van der Waals surface area contributed by atoms with E-state index in [1.807, 2.05) is 5.38 Å². The predicted molar refractivity (Wildman–Crippen MR) is 93.7 cm³/mol. The Morgan fingerprint density at radius 2 is 1.72 bits per heavy atom. The van der Waals surface area contributed by atoms with E-state index in [9.17, 15) is 14.4 Å². The molecule has 0 radical (unpaired) electrons. The maximum Gasteiger partial charge on any atom is 0.344 e. The largest absolute Gasteiger partial charge is 0.412 e. The first kappa shape index (κ1) is 15.8. The molecule has 0 saturated heterocycles. The highest BCUT2D eigenvalue weighted by Gasteiger charge is 2.39. The SMILES string of the molecule is O=C(Oc1cccs1)c1cccc(N2C(=O)C3=C(CCCC3)C2=O)c1. The molecule has 2 amide bonds. The number of amides is 2. The smallest absolute Gasteiger partial charge is 0.344 e. The third kappa shape index (κ3) is 2.78. The number of thiophene rings is 1. The van der Waals surface area contributed by atoms with Crippen LogP contribution in [0, 0.1) is 0 Å². The molecule has 126 valence electrons. The molecule has 1 aliphatic carbocycles. The number of carbonyl (C=O) groups excluding carboxylic acids is 3. The lowest BCUT2D eigenvalue weighted by atomic mass is 9.93. The van der Waals surface area contributed by atoms with E-state index in [-0.39, 0.29) is 11.8 Å².